The van der Waals surface area contributed by atoms with E-state index in [-0.39, 0.29) is 0 Å². The number of fused-ring (bicyclic) bond motifs is 1. The molecular formula is C28H32N4O. The van der Waals surface area contributed by atoms with E-state index < -0.39 is 5.60 Å². The maximum atomic E-state index is 10.2. The van der Waals surface area contributed by atoms with E-state index in [0.717, 1.165) is 55.9 Å². The van der Waals surface area contributed by atoms with E-state index in [4.69, 9.17) is 0 Å². The Bertz CT molecular complexity index is 1200. The molecule has 0 aliphatic carbocycles. The summed E-state index contributed by atoms with van der Waals surface area (Å²) in [6.45, 7) is 9.97. The first kappa shape index (κ1) is 21.8. The molecule has 2 N–H and O–H groups in total. The maximum absolute atomic E-state index is 10.2. The van der Waals surface area contributed by atoms with Crippen LogP contribution in [0.15, 0.2) is 73.1 Å². The van der Waals surface area contributed by atoms with E-state index in [2.05, 4.69) is 74.4 Å². The zero-order chi connectivity index (χ0) is 22.8. The summed E-state index contributed by atoms with van der Waals surface area (Å²) >= 11 is 0. The molecule has 0 saturated carbocycles. The fourth-order valence-electron chi connectivity index (χ4n) is 4.58. The molecule has 170 valence electrons. The van der Waals surface area contributed by atoms with Gasteiger partial charge in [0.05, 0.1) is 23.0 Å². The summed E-state index contributed by atoms with van der Waals surface area (Å²) in [5.74, 6) is 0. The Morgan fingerprint density at radius 1 is 0.788 bits per heavy atom. The third-order valence-corrected chi connectivity index (χ3v) is 6.64. The van der Waals surface area contributed by atoms with Crippen LogP contribution >= 0.6 is 0 Å². The van der Waals surface area contributed by atoms with Gasteiger partial charge in [0.1, 0.15) is 0 Å². The minimum absolute atomic E-state index is 0.806. The lowest BCUT2D eigenvalue weighted by Gasteiger charge is -2.34. The molecule has 0 amide bonds. The molecule has 0 spiro atoms. The number of nitrogens with one attached hydrogen (secondary N) is 1. The standard InChI is InChI=1S/C28H32N4O/c1-28(2,33)25-10-8-24(9-11-25)23-6-3-21(4-7-23)18-31-13-15-32(16-14-31)19-22-5-12-26-27(17-22)30-20-29-26/h3-12,17,20,33H,13-16,18-19H2,1-2H3,(H,29,30). The van der Waals surface area contributed by atoms with Crippen molar-refractivity contribution in [1.29, 1.82) is 0 Å². The number of aromatic amines is 1. The molecule has 33 heavy (non-hydrogen) atoms. The molecular weight excluding hydrogens is 408 g/mol. The van der Waals surface area contributed by atoms with Gasteiger partial charge in [0.15, 0.2) is 0 Å². The van der Waals surface area contributed by atoms with E-state index in [1.807, 2.05) is 26.0 Å². The minimum atomic E-state index is -0.806. The number of nitrogens with zero attached hydrogens (tertiary/aromatic N) is 3. The first-order valence-electron chi connectivity index (χ1n) is 11.7. The summed E-state index contributed by atoms with van der Waals surface area (Å²) in [7, 11) is 0. The number of benzene rings is 3. The van der Waals surface area contributed by atoms with E-state index in [1.54, 1.807) is 6.33 Å². The van der Waals surface area contributed by atoms with E-state index in [1.165, 1.54) is 22.3 Å². The van der Waals surface area contributed by atoms with Crippen LogP contribution in [0, 0.1) is 0 Å². The molecule has 1 fully saturated rings. The Morgan fingerprint density at radius 3 is 1.94 bits per heavy atom. The summed E-state index contributed by atoms with van der Waals surface area (Å²) in [6.07, 6.45) is 1.76. The number of imidazole rings is 1. The Morgan fingerprint density at radius 2 is 1.33 bits per heavy atom. The molecule has 3 aromatic carbocycles. The monoisotopic (exact) mass is 440 g/mol. The third kappa shape index (κ3) is 5.17. The molecule has 5 nitrogen and oxygen atoms in total. The fourth-order valence-corrected chi connectivity index (χ4v) is 4.58. The normalized spacial score (nSPS) is 15.8. The van der Waals surface area contributed by atoms with Crippen LogP contribution in [-0.4, -0.2) is 51.1 Å². The van der Waals surface area contributed by atoms with Crippen molar-refractivity contribution in [3.8, 4) is 11.1 Å². The second kappa shape index (κ2) is 9.10. The van der Waals surface area contributed by atoms with Gasteiger partial charge in [0.25, 0.3) is 0 Å². The molecule has 1 aliphatic heterocycles. The summed E-state index contributed by atoms with van der Waals surface area (Å²) in [5, 5.41) is 10.2. The smallest absolute Gasteiger partial charge is 0.0931 e. The quantitative estimate of drug-likeness (QED) is 0.453. The summed E-state index contributed by atoms with van der Waals surface area (Å²) in [6, 6.07) is 23.6. The van der Waals surface area contributed by atoms with Crippen LogP contribution in [-0.2, 0) is 18.7 Å². The van der Waals surface area contributed by atoms with Gasteiger partial charge in [-0.25, -0.2) is 4.98 Å². The molecule has 5 heteroatoms. The minimum Gasteiger partial charge on any atom is -0.386 e. The van der Waals surface area contributed by atoms with Gasteiger partial charge in [0, 0.05) is 39.3 Å². The van der Waals surface area contributed by atoms with Gasteiger partial charge >= 0.3 is 0 Å². The topological polar surface area (TPSA) is 55.4 Å². The molecule has 1 aromatic heterocycles. The molecule has 5 rings (SSSR count). The van der Waals surface area contributed by atoms with Crippen LogP contribution < -0.4 is 0 Å². The van der Waals surface area contributed by atoms with Crippen molar-refractivity contribution in [2.24, 2.45) is 0 Å². The summed E-state index contributed by atoms with van der Waals surface area (Å²) in [5.41, 5.74) is 7.35. The van der Waals surface area contributed by atoms with E-state index >= 15 is 0 Å². The zero-order valence-corrected chi connectivity index (χ0v) is 19.5. The Labute approximate surface area is 195 Å². The van der Waals surface area contributed by atoms with Gasteiger partial charge in [-0.05, 0) is 53.8 Å². The Hall–Kier alpha value is -2.99. The first-order chi connectivity index (χ1) is 15.9. The molecule has 0 unspecified atom stereocenters. The van der Waals surface area contributed by atoms with Crippen LogP contribution in [0.2, 0.25) is 0 Å². The number of piperazine rings is 1. The fraction of sp³-hybridized carbons (Fsp3) is 0.321. The summed E-state index contributed by atoms with van der Waals surface area (Å²) < 4.78 is 0. The van der Waals surface area contributed by atoms with Gasteiger partial charge in [-0.1, -0.05) is 54.6 Å². The highest BCUT2D eigenvalue weighted by atomic mass is 16.3. The number of aromatic nitrogens is 2. The predicted molar refractivity (Wildman–Crippen MR) is 134 cm³/mol. The number of H-pyrrole nitrogens is 1. The Kier molecular flexibility index (Phi) is 6.02. The van der Waals surface area contributed by atoms with Crippen molar-refractivity contribution in [2.75, 3.05) is 26.2 Å². The molecule has 0 atom stereocenters. The highest BCUT2D eigenvalue weighted by molar-refractivity contribution is 5.75. The lowest BCUT2D eigenvalue weighted by atomic mass is 9.95. The average molecular weight is 441 g/mol. The van der Waals surface area contributed by atoms with E-state index in [9.17, 15) is 5.11 Å². The SMILES string of the molecule is CC(C)(O)c1ccc(-c2ccc(CN3CCN(Cc4ccc5nc[nH]c5c4)CC3)cc2)cc1. The number of rotatable bonds is 6. The lowest BCUT2D eigenvalue weighted by Crippen LogP contribution is -2.45. The predicted octanol–water partition coefficient (Wildman–Crippen LogP) is 4.78. The van der Waals surface area contributed by atoms with Crippen molar-refractivity contribution >= 4 is 11.0 Å². The van der Waals surface area contributed by atoms with Crippen LogP contribution in [0.3, 0.4) is 0 Å². The first-order valence-corrected chi connectivity index (χ1v) is 11.7. The van der Waals surface area contributed by atoms with E-state index in [0.29, 0.717) is 0 Å². The van der Waals surface area contributed by atoms with Crippen LogP contribution in [0.5, 0.6) is 0 Å². The number of hydrogen-bond donors (Lipinski definition) is 2. The van der Waals surface area contributed by atoms with Crippen LogP contribution in [0.4, 0.5) is 0 Å². The van der Waals surface area contributed by atoms with Gasteiger partial charge in [-0.3, -0.25) is 9.80 Å². The number of aliphatic hydroxyl groups is 1. The van der Waals surface area contributed by atoms with Crippen molar-refractivity contribution in [1.82, 2.24) is 19.8 Å². The third-order valence-electron chi connectivity index (χ3n) is 6.64. The van der Waals surface area contributed by atoms with Gasteiger partial charge in [0.2, 0.25) is 0 Å². The highest BCUT2D eigenvalue weighted by Crippen LogP contribution is 2.25. The van der Waals surface area contributed by atoms with Crippen molar-refractivity contribution in [3.63, 3.8) is 0 Å². The van der Waals surface area contributed by atoms with Crippen molar-refractivity contribution in [2.45, 2.75) is 32.5 Å². The molecule has 2 heterocycles. The largest absolute Gasteiger partial charge is 0.386 e. The van der Waals surface area contributed by atoms with Crippen molar-refractivity contribution in [3.05, 3.63) is 89.7 Å². The van der Waals surface area contributed by atoms with Crippen LogP contribution in [0.1, 0.15) is 30.5 Å². The molecule has 4 aromatic rings. The lowest BCUT2D eigenvalue weighted by molar-refractivity contribution is 0.0786. The Balaban J connectivity index is 1.14. The maximum Gasteiger partial charge on any atom is 0.0931 e. The van der Waals surface area contributed by atoms with Gasteiger partial charge in [-0.2, -0.15) is 0 Å². The molecule has 1 aliphatic rings. The number of hydrogen-bond acceptors (Lipinski definition) is 4. The van der Waals surface area contributed by atoms with Crippen LogP contribution in [0.25, 0.3) is 22.2 Å². The van der Waals surface area contributed by atoms with Crippen molar-refractivity contribution < 1.29 is 5.11 Å². The summed E-state index contributed by atoms with van der Waals surface area (Å²) in [4.78, 5) is 12.6. The zero-order valence-electron chi connectivity index (χ0n) is 19.5. The molecule has 1 saturated heterocycles. The average Bonchev–Trinajstić information content (AvgIpc) is 3.28. The molecule has 0 radical (unpaired) electrons. The van der Waals surface area contributed by atoms with Gasteiger partial charge in [-0.15, -0.1) is 0 Å². The highest BCUT2D eigenvalue weighted by Gasteiger charge is 2.18. The second-order valence-electron chi connectivity index (χ2n) is 9.64. The second-order valence-corrected chi connectivity index (χ2v) is 9.64. The molecule has 0 bridgehead atoms. The van der Waals surface area contributed by atoms with Gasteiger partial charge < -0.3 is 10.1 Å².